The van der Waals surface area contributed by atoms with E-state index in [2.05, 4.69) is 33.2 Å². The molecule has 2 aromatic heterocycles. The van der Waals surface area contributed by atoms with Gasteiger partial charge >= 0.3 is 0 Å². The first-order chi connectivity index (χ1) is 10.9. The largest absolute Gasteiger partial charge is 0.495 e. The van der Waals surface area contributed by atoms with E-state index in [0.717, 1.165) is 30.2 Å². The number of para-hydroxylation sites is 2. The molecule has 0 spiro atoms. The molecule has 0 aliphatic rings. The zero-order chi connectivity index (χ0) is 15.2. The molecule has 0 bridgehead atoms. The summed E-state index contributed by atoms with van der Waals surface area (Å²) >= 11 is 0. The quantitative estimate of drug-likeness (QED) is 0.758. The third-order valence-corrected chi connectivity index (χ3v) is 3.52. The highest BCUT2D eigenvalue weighted by molar-refractivity contribution is 5.48. The first-order valence-electron chi connectivity index (χ1n) is 7.29. The number of nitrogens with zero attached hydrogens (tertiary/aromatic N) is 2. The molecule has 0 unspecified atom stereocenters. The SMILES string of the molecule is COc1ccccc1-n1cccc1CNCc1ccccn1. The van der Waals surface area contributed by atoms with E-state index in [-0.39, 0.29) is 0 Å². The standard InChI is InChI=1S/C18H19N3O/c1-22-18-10-3-2-9-17(18)21-12-6-8-16(21)14-19-13-15-7-4-5-11-20-15/h2-12,19H,13-14H2,1H3. The predicted molar refractivity (Wildman–Crippen MR) is 87.1 cm³/mol. The summed E-state index contributed by atoms with van der Waals surface area (Å²) in [4.78, 5) is 4.32. The molecule has 3 rings (SSSR count). The van der Waals surface area contributed by atoms with Crippen LogP contribution in [0.2, 0.25) is 0 Å². The van der Waals surface area contributed by atoms with Crippen LogP contribution in [0.25, 0.3) is 5.69 Å². The zero-order valence-electron chi connectivity index (χ0n) is 12.6. The lowest BCUT2D eigenvalue weighted by atomic mass is 10.2. The smallest absolute Gasteiger partial charge is 0.142 e. The van der Waals surface area contributed by atoms with Gasteiger partial charge in [-0.15, -0.1) is 0 Å². The number of pyridine rings is 1. The van der Waals surface area contributed by atoms with Gasteiger partial charge in [0.25, 0.3) is 0 Å². The summed E-state index contributed by atoms with van der Waals surface area (Å²) in [5.41, 5.74) is 3.27. The number of rotatable bonds is 6. The summed E-state index contributed by atoms with van der Waals surface area (Å²) in [5, 5.41) is 3.43. The van der Waals surface area contributed by atoms with E-state index in [9.17, 15) is 0 Å². The number of ether oxygens (including phenoxy) is 1. The third kappa shape index (κ3) is 3.18. The van der Waals surface area contributed by atoms with Gasteiger partial charge < -0.3 is 14.6 Å². The van der Waals surface area contributed by atoms with E-state index in [1.54, 1.807) is 7.11 Å². The highest BCUT2D eigenvalue weighted by atomic mass is 16.5. The lowest BCUT2D eigenvalue weighted by Crippen LogP contribution is -2.16. The summed E-state index contributed by atoms with van der Waals surface area (Å²) in [5.74, 6) is 0.865. The number of benzene rings is 1. The second-order valence-electron chi connectivity index (χ2n) is 4.97. The number of hydrogen-bond donors (Lipinski definition) is 1. The molecule has 0 atom stereocenters. The highest BCUT2D eigenvalue weighted by Crippen LogP contribution is 2.23. The summed E-state index contributed by atoms with van der Waals surface area (Å²) in [6.45, 7) is 1.51. The van der Waals surface area contributed by atoms with Crippen molar-refractivity contribution >= 4 is 0 Å². The Balaban J connectivity index is 1.72. The molecule has 4 nitrogen and oxygen atoms in total. The van der Waals surface area contributed by atoms with Crippen molar-refractivity contribution < 1.29 is 4.74 Å². The topological polar surface area (TPSA) is 39.1 Å². The fraction of sp³-hybridized carbons (Fsp3) is 0.167. The van der Waals surface area contributed by atoms with Gasteiger partial charge in [0.1, 0.15) is 5.75 Å². The minimum Gasteiger partial charge on any atom is -0.495 e. The number of hydrogen-bond acceptors (Lipinski definition) is 3. The van der Waals surface area contributed by atoms with Crippen LogP contribution in [0.3, 0.4) is 0 Å². The Kier molecular flexibility index (Phi) is 4.51. The lowest BCUT2D eigenvalue weighted by Gasteiger charge is -2.13. The van der Waals surface area contributed by atoms with Crippen LogP contribution in [0.1, 0.15) is 11.4 Å². The van der Waals surface area contributed by atoms with E-state index < -0.39 is 0 Å². The molecule has 112 valence electrons. The molecule has 0 aliphatic carbocycles. The van der Waals surface area contributed by atoms with Gasteiger partial charge in [-0.2, -0.15) is 0 Å². The molecule has 2 heterocycles. The monoisotopic (exact) mass is 293 g/mol. The minimum atomic E-state index is 0.748. The van der Waals surface area contributed by atoms with Crippen molar-refractivity contribution in [3.63, 3.8) is 0 Å². The number of nitrogens with one attached hydrogen (secondary N) is 1. The van der Waals surface area contributed by atoms with Crippen molar-refractivity contribution in [2.24, 2.45) is 0 Å². The molecular formula is C18H19N3O. The average Bonchev–Trinajstić information content (AvgIpc) is 3.04. The van der Waals surface area contributed by atoms with Gasteiger partial charge in [0, 0.05) is 31.2 Å². The van der Waals surface area contributed by atoms with Crippen LogP contribution in [0.5, 0.6) is 5.75 Å². The summed E-state index contributed by atoms with van der Waals surface area (Å²) in [6.07, 6.45) is 3.87. The molecule has 4 heteroatoms. The van der Waals surface area contributed by atoms with Crippen LogP contribution in [-0.4, -0.2) is 16.7 Å². The first-order valence-corrected chi connectivity index (χ1v) is 7.29. The Morgan fingerprint density at radius 3 is 2.68 bits per heavy atom. The Hall–Kier alpha value is -2.59. The number of aromatic nitrogens is 2. The van der Waals surface area contributed by atoms with Crippen molar-refractivity contribution in [2.45, 2.75) is 13.1 Å². The minimum absolute atomic E-state index is 0.748. The first kappa shape index (κ1) is 14.4. The second kappa shape index (κ2) is 6.91. The summed E-state index contributed by atoms with van der Waals surface area (Å²) < 4.78 is 7.59. The van der Waals surface area contributed by atoms with Crippen molar-refractivity contribution in [3.05, 3.63) is 78.4 Å². The molecule has 1 aromatic carbocycles. The fourth-order valence-electron chi connectivity index (χ4n) is 2.45. The molecule has 3 aromatic rings. The third-order valence-electron chi connectivity index (χ3n) is 3.52. The molecule has 0 aliphatic heterocycles. The molecule has 1 N–H and O–H groups in total. The maximum atomic E-state index is 5.45. The normalized spacial score (nSPS) is 10.6. The molecule has 0 radical (unpaired) electrons. The van der Waals surface area contributed by atoms with E-state index in [1.807, 2.05) is 48.7 Å². The highest BCUT2D eigenvalue weighted by Gasteiger charge is 2.07. The lowest BCUT2D eigenvalue weighted by molar-refractivity contribution is 0.412. The van der Waals surface area contributed by atoms with Crippen LogP contribution >= 0.6 is 0 Å². The Bertz CT molecular complexity index is 722. The molecule has 0 saturated carbocycles. The maximum Gasteiger partial charge on any atom is 0.142 e. The van der Waals surface area contributed by atoms with Crippen LogP contribution in [-0.2, 0) is 13.1 Å². The molecule has 22 heavy (non-hydrogen) atoms. The van der Waals surface area contributed by atoms with Crippen molar-refractivity contribution in [1.29, 1.82) is 0 Å². The maximum absolute atomic E-state index is 5.45. The van der Waals surface area contributed by atoms with Crippen LogP contribution in [0, 0.1) is 0 Å². The van der Waals surface area contributed by atoms with Gasteiger partial charge in [-0.1, -0.05) is 18.2 Å². The predicted octanol–water partition coefficient (Wildman–Crippen LogP) is 3.17. The average molecular weight is 293 g/mol. The zero-order valence-corrected chi connectivity index (χ0v) is 12.6. The molecular weight excluding hydrogens is 274 g/mol. The Labute approximate surface area is 130 Å². The van der Waals surface area contributed by atoms with E-state index in [1.165, 1.54) is 5.69 Å². The van der Waals surface area contributed by atoms with Crippen molar-refractivity contribution in [3.8, 4) is 11.4 Å². The van der Waals surface area contributed by atoms with Crippen LogP contribution < -0.4 is 10.1 Å². The molecule has 0 fully saturated rings. The molecule has 0 saturated heterocycles. The van der Waals surface area contributed by atoms with E-state index >= 15 is 0 Å². The Morgan fingerprint density at radius 2 is 1.86 bits per heavy atom. The van der Waals surface area contributed by atoms with Gasteiger partial charge in [-0.3, -0.25) is 4.98 Å². The summed E-state index contributed by atoms with van der Waals surface area (Å²) in [6, 6.07) is 18.1. The van der Waals surface area contributed by atoms with Crippen molar-refractivity contribution in [2.75, 3.05) is 7.11 Å². The van der Waals surface area contributed by atoms with E-state index in [0.29, 0.717) is 0 Å². The van der Waals surface area contributed by atoms with E-state index in [4.69, 9.17) is 4.74 Å². The fourth-order valence-corrected chi connectivity index (χ4v) is 2.45. The van der Waals surface area contributed by atoms with Crippen LogP contribution in [0.15, 0.2) is 67.0 Å². The van der Waals surface area contributed by atoms with Gasteiger partial charge in [0.05, 0.1) is 18.5 Å². The summed E-state index contributed by atoms with van der Waals surface area (Å²) in [7, 11) is 1.70. The van der Waals surface area contributed by atoms with Gasteiger partial charge in [0.15, 0.2) is 0 Å². The van der Waals surface area contributed by atoms with Gasteiger partial charge in [-0.25, -0.2) is 0 Å². The Morgan fingerprint density at radius 1 is 1.00 bits per heavy atom. The second-order valence-corrected chi connectivity index (χ2v) is 4.97. The number of methoxy groups -OCH3 is 1. The molecule has 0 amide bonds. The van der Waals surface area contributed by atoms with Gasteiger partial charge in [0.2, 0.25) is 0 Å². The van der Waals surface area contributed by atoms with Crippen molar-refractivity contribution in [1.82, 2.24) is 14.9 Å². The van der Waals surface area contributed by atoms with Gasteiger partial charge in [-0.05, 0) is 36.4 Å². The van der Waals surface area contributed by atoms with Crippen LogP contribution in [0.4, 0.5) is 0 Å².